The van der Waals surface area contributed by atoms with E-state index in [1.54, 1.807) is 18.3 Å². The molecule has 2 aromatic carbocycles. The van der Waals surface area contributed by atoms with Gasteiger partial charge in [0.2, 0.25) is 0 Å². The minimum Gasteiger partial charge on any atom is -0.508 e. The van der Waals surface area contributed by atoms with Crippen LogP contribution in [0.2, 0.25) is 0 Å². The number of carbonyl (C=O) groups excluding carboxylic acids is 1. The molecule has 1 aliphatic rings. The van der Waals surface area contributed by atoms with E-state index in [4.69, 9.17) is 5.73 Å². The Hall–Kier alpha value is -3.16. The maximum Gasteiger partial charge on any atom is 0.255 e. The average Bonchev–Trinajstić information content (AvgIpc) is 2.83. The molecular formula is C27H35N5O2. The Kier molecular flexibility index (Phi) is 7.65. The van der Waals surface area contributed by atoms with Gasteiger partial charge >= 0.3 is 0 Å². The Labute approximate surface area is 201 Å². The Morgan fingerprint density at radius 2 is 1.79 bits per heavy atom. The number of amides is 1. The Bertz CT molecular complexity index is 1120. The number of hydrogen-bond donors (Lipinski definition) is 4. The van der Waals surface area contributed by atoms with Gasteiger partial charge in [0, 0.05) is 30.2 Å². The topological polar surface area (TPSA) is 104 Å². The van der Waals surface area contributed by atoms with E-state index in [0.717, 1.165) is 72.9 Å². The van der Waals surface area contributed by atoms with E-state index in [1.807, 2.05) is 24.3 Å². The highest BCUT2D eigenvalue weighted by Crippen LogP contribution is 2.31. The van der Waals surface area contributed by atoms with E-state index in [-0.39, 0.29) is 23.7 Å². The van der Waals surface area contributed by atoms with Crippen LogP contribution in [0.3, 0.4) is 0 Å². The summed E-state index contributed by atoms with van der Waals surface area (Å²) < 4.78 is 0. The fourth-order valence-corrected chi connectivity index (χ4v) is 4.52. The van der Waals surface area contributed by atoms with Gasteiger partial charge in [0.05, 0.1) is 16.8 Å². The molecule has 0 unspecified atom stereocenters. The van der Waals surface area contributed by atoms with Crippen molar-refractivity contribution in [1.82, 2.24) is 15.2 Å². The molecule has 0 spiro atoms. The van der Waals surface area contributed by atoms with Crippen LogP contribution in [0.5, 0.6) is 5.75 Å². The fraction of sp³-hybridized carbons (Fsp3) is 0.407. The summed E-state index contributed by atoms with van der Waals surface area (Å²) in [5.41, 5.74) is 10.2. The smallest absolute Gasteiger partial charge is 0.255 e. The number of fused-ring (bicyclic) bond motifs is 1. The minimum atomic E-state index is -0.0972. The summed E-state index contributed by atoms with van der Waals surface area (Å²) in [5.74, 6) is 0.136. The number of phenols is 1. The first-order valence-electron chi connectivity index (χ1n) is 12.1. The molecular weight excluding hydrogens is 426 g/mol. The summed E-state index contributed by atoms with van der Waals surface area (Å²) in [4.78, 5) is 20.1. The summed E-state index contributed by atoms with van der Waals surface area (Å²) in [6.07, 6.45) is 6.32. The molecule has 5 N–H and O–H groups in total. The quantitative estimate of drug-likeness (QED) is 0.379. The van der Waals surface area contributed by atoms with Crippen molar-refractivity contribution >= 4 is 22.5 Å². The Balaban J connectivity index is 1.67. The number of nitrogens with zero attached hydrogens (tertiary/aromatic N) is 2. The summed E-state index contributed by atoms with van der Waals surface area (Å²) in [7, 11) is 4.11. The number of rotatable bonds is 8. The molecule has 0 saturated heterocycles. The molecule has 34 heavy (non-hydrogen) atoms. The van der Waals surface area contributed by atoms with Gasteiger partial charge < -0.3 is 26.4 Å². The summed E-state index contributed by atoms with van der Waals surface area (Å²) >= 11 is 0. The van der Waals surface area contributed by atoms with Gasteiger partial charge in [-0.25, -0.2) is 0 Å². The number of anilines is 1. The summed E-state index contributed by atoms with van der Waals surface area (Å²) in [6.45, 7) is 1.71. The van der Waals surface area contributed by atoms with Gasteiger partial charge in [-0.2, -0.15) is 0 Å². The van der Waals surface area contributed by atoms with Crippen molar-refractivity contribution in [3.8, 4) is 16.9 Å². The van der Waals surface area contributed by atoms with E-state index in [0.29, 0.717) is 5.56 Å². The monoisotopic (exact) mass is 461 g/mol. The Morgan fingerprint density at radius 1 is 1.09 bits per heavy atom. The Morgan fingerprint density at radius 3 is 2.50 bits per heavy atom. The molecule has 0 radical (unpaired) electrons. The number of pyridine rings is 1. The number of aromatic nitrogens is 1. The maximum atomic E-state index is 13.3. The van der Waals surface area contributed by atoms with Crippen LogP contribution in [0.4, 0.5) is 5.69 Å². The highest BCUT2D eigenvalue weighted by atomic mass is 16.3. The number of hydrogen-bond acceptors (Lipinski definition) is 6. The predicted octanol–water partition coefficient (Wildman–Crippen LogP) is 3.97. The van der Waals surface area contributed by atoms with Crippen molar-refractivity contribution in [2.45, 2.75) is 44.2 Å². The first-order chi connectivity index (χ1) is 16.4. The lowest BCUT2D eigenvalue weighted by Crippen LogP contribution is -2.40. The number of carbonyl (C=O) groups is 1. The van der Waals surface area contributed by atoms with Crippen LogP contribution in [0.25, 0.3) is 22.0 Å². The van der Waals surface area contributed by atoms with Gasteiger partial charge in [0.25, 0.3) is 5.91 Å². The van der Waals surface area contributed by atoms with Crippen LogP contribution >= 0.6 is 0 Å². The fourth-order valence-electron chi connectivity index (χ4n) is 4.52. The first-order valence-corrected chi connectivity index (χ1v) is 12.1. The molecule has 1 aromatic heterocycles. The number of nitrogens with two attached hydrogens (primary N) is 1. The first kappa shape index (κ1) is 24.0. The summed E-state index contributed by atoms with van der Waals surface area (Å²) in [6, 6.07) is 13.6. The third kappa shape index (κ3) is 5.85. The summed E-state index contributed by atoms with van der Waals surface area (Å²) in [5, 5.41) is 17.3. The van der Waals surface area contributed by atoms with Gasteiger partial charge in [0.15, 0.2) is 0 Å². The van der Waals surface area contributed by atoms with Crippen molar-refractivity contribution in [3.05, 3.63) is 54.2 Å². The number of phenolic OH excluding ortho intramolecular Hbond substituents is 1. The second kappa shape index (κ2) is 10.8. The maximum absolute atomic E-state index is 13.3. The number of benzene rings is 2. The zero-order valence-electron chi connectivity index (χ0n) is 20.1. The standard InChI is InChI=1S/C27H35N5O2/c1-32(2)15-3-14-29-26-23-16-19(18-4-11-22(33)12-5-18)6-13-25(23)30-17-24(26)27(34)31-21-9-7-20(28)8-10-21/h4-6,11-13,16-17,20-21,33H,3,7-10,14-15,28H2,1-2H3,(H,29,30)(H,31,34)/t20-,21-. The molecule has 1 heterocycles. The van der Waals surface area contributed by atoms with E-state index < -0.39 is 0 Å². The van der Waals surface area contributed by atoms with Crippen LogP contribution < -0.4 is 16.4 Å². The van der Waals surface area contributed by atoms with Crippen molar-refractivity contribution < 1.29 is 9.90 Å². The highest BCUT2D eigenvalue weighted by Gasteiger charge is 2.23. The third-order valence-corrected chi connectivity index (χ3v) is 6.50. The van der Waals surface area contributed by atoms with Gasteiger partial charge in [-0.15, -0.1) is 0 Å². The van der Waals surface area contributed by atoms with E-state index in [1.165, 1.54) is 0 Å². The molecule has 1 amide bonds. The SMILES string of the molecule is CN(C)CCCNc1c(C(=O)N[C@H]2CC[C@H](N)CC2)cnc2ccc(-c3ccc(O)cc3)cc12. The molecule has 1 aliphatic carbocycles. The lowest BCUT2D eigenvalue weighted by atomic mass is 9.91. The largest absolute Gasteiger partial charge is 0.508 e. The van der Waals surface area contributed by atoms with Crippen molar-refractivity contribution in [2.75, 3.05) is 32.5 Å². The van der Waals surface area contributed by atoms with Crippen LogP contribution in [0.15, 0.2) is 48.7 Å². The van der Waals surface area contributed by atoms with Crippen molar-refractivity contribution in [2.24, 2.45) is 5.73 Å². The molecule has 1 saturated carbocycles. The second-order valence-electron chi connectivity index (χ2n) is 9.49. The van der Waals surface area contributed by atoms with E-state index >= 15 is 0 Å². The zero-order valence-corrected chi connectivity index (χ0v) is 20.1. The lowest BCUT2D eigenvalue weighted by Gasteiger charge is -2.27. The highest BCUT2D eigenvalue weighted by molar-refractivity contribution is 6.08. The number of nitrogens with one attached hydrogen (secondary N) is 2. The average molecular weight is 462 g/mol. The third-order valence-electron chi connectivity index (χ3n) is 6.50. The van der Waals surface area contributed by atoms with Gasteiger partial charge in [0.1, 0.15) is 5.75 Å². The van der Waals surface area contributed by atoms with Gasteiger partial charge in [-0.1, -0.05) is 18.2 Å². The van der Waals surface area contributed by atoms with Crippen LogP contribution in [-0.2, 0) is 0 Å². The molecule has 180 valence electrons. The predicted molar refractivity (Wildman–Crippen MR) is 138 cm³/mol. The van der Waals surface area contributed by atoms with Crippen LogP contribution in [0, 0.1) is 0 Å². The minimum absolute atomic E-state index is 0.0972. The van der Waals surface area contributed by atoms with Crippen LogP contribution in [-0.4, -0.2) is 60.2 Å². The van der Waals surface area contributed by atoms with Crippen LogP contribution in [0.1, 0.15) is 42.5 Å². The van der Waals surface area contributed by atoms with Crippen molar-refractivity contribution in [3.63, 3.8) is 0 Å². The lowest BCUT2D eigenvalue weighted by molar-refractivity contribution is 0.0926. The molecule has 0 atom stereocenters. The zero-order chi connectivity index (χ0) is 24.1. The number of aromatic hydroxyl groups is 1. The van der Waals surface area contributed by atoms with Crippen molar-refractivity contribution in [1.29, 1.82) is 0 Å². The molecule has 0 bridgehead atoms. The molecule has 0 aliphatic heterocycles. The van der Waals surface area contributed by atoms with E-state index in [2.05, 4.69) is 40.7 Å². The van der Waals surface area contributed by atoms with E-state index in [9.17, 15) is 9.90 Å². The second-order valence-corrected chi connectivity index (χ2v) is 9.49. The molecule has 1 fully saturated rings. The molecule has 4 rings (SSSR count). The molecule has 7 heteroatoms. The van der Waals surface area contributed by atoms with Gasteiger partial charge in [-0.05, 0) is 88.1 Å². The molecule has 7 nitrogen and oxygen atoms in total. The van der Waals surface area contributed by atoms with Gasteiger partial charge in [-0.3, -0.25) is 9.78 Å². The normalized spacial score (nSPS) is 18.2. The molecule has 3 aromatic rings.